The van der Waals surface area contributed by atoms with Crippen LogP contribution < -0.4 is 5.32 Å². The normalized spacial score (nSPS) is 12.6. The molecule has 0 fully saturated rings. The number of nitrogens with one attached hydrogen (secondary N) is 1. The fraction of sp³-hybridized carbons (Fsp3) is 0.231. The topological polar surface area (TPSA) is 45.4 Å². The molecule has 1 unspecified atom stereocenters. The highest BCUT2D eigenvalue weighted by Gasteiger charge is 2.11. The van der Waals surface area contributed by atoms with Crippen LogP contribution >= 0.6 is 15.9 Å². The Morgan fingerprint density at radius 3 is 2.59 bits per heavy atom. The molecule has 2 N–H and O–H groups in total. The second-order valence-corrected chi connectivity index (χ2v) is 4.67. The van der Waals surface area contributed by atoms with Crippen LogP contribution in [0.1, 0.15) is 17.4 Å². The molecule has 0 radical (unpaired) electrons. The number of rotatable bonds is 5. The van der Waals surface area contributed by atoms with Crippen LogP contribution in [0.5, 0.6) is 0 Å². The molecule has 1 aromatic heterocycles. The lowest BCUT2D eigenvalue weighted by atomic mass is 10.2. The Labute approximate surface area is 109 Å². The molecule has 1 atom stereocenters. The van der Waals surface area contributed by atoms with Crippen molar-refractivity contribution >= 4 is 15.9 Å². The quantitative estimate of drug-likeness (QED) is 0.892. The first kappa shape index (κ1) is 12.4. The summed E-state index contributed by atoms with van der Waals surface area (Å²) in [6, 6.07) is 11.6. The van der Waals surface area contributed by atoms with Crippen LogP contribution in [0.4, 0.5) is 0 Å². The molecule has 17 heavy (non-hydrogen) atoms. The van der Waals surface area contributed by atoms with Crippen molar-refractivity contribution in [3.8, 4) is 0 Å². The van der Waals surface area contributed by atoms with Gasteiger partial charge in [0.2, 0.25) is 0 Å². The molecule has 0 aliphatic heterocycles. The fourth-order valence-corrected chi connectivity index (χ4v) is 1.85. The zero-order valence-electron chi connectivity index (χ0n) is 9.27. The maximum atomic E-state index is 9.29. The van der Waals surface area contributed by atoms with Crippen LogP contribution in [0.3, 0.4) is 0 Å². The second-order valence-electron chi connectivity index (χ2n) is 3.76. The van der Waals surface area contributed by atoms with Gasteiger partial charge in [0.15, 0.2) is 0 Å². The van der Waals surface area contributed by atoms with E-state index in [1.807, 2.05) is 36.4 Å². The van der Waals surface area contributed by atoms with E-state index in [0.717, 1.165) is 10.2 Å². The lowest BCUT2D eigenvalue weighted by Gasteiger charge is -2.13. The molecule has 0 aliphatic carbocycles. The third kappa shape index (κ3) is 3.43. The van der Waals surface area contributed by atoms with E-state index in [9.17, 15) is 5.11 Å². The van der Waals surface area contributed by atoms with Crippen LogP contribution in [0.2, 0.25) is 0 Å². The minimum absolute atomic E-state index is 0.0179. The molecule has 1 aromatic carbocycles. The summed E-state index contributed by atoms with van der Waals surface area (Å²) in [7, 11) is 0. The van der Waals surface area contributed by atoms with Crippen molar-refractivity contribution in [1.29, 1.82) is 0 Å². The van der Waals surface area contributed by atoms with E-state index < -0.39 is 0 Å². The van der Waals surface area contributed by atoms with Crippen LogP contribution in [0.25, 0.3) is 0 Å². The van der Waals surface area contributed by atoms with Crippen molar-refractivity contribution in [1.82, 2.24) is 5.32 Å². The zero-order chi connectivity index (χ0) is 12.1. The Balaban J connectivity index is 1.94. The predicted molar refractivity (Wildman–Crippen MR) is 69.5 cm³/mol. The summed E-state index contributed by atoms with van der Waals surface area (Å²) in [5, 5.41) is 12.5. The van der Waals surface area contributed by atoms with Crippen molar-refractivity contribution < 1.29 is 9.52 Å². The van der Waals surface area contributed by atoms with E-state index in [4.69, 9.17) is 4.42 Å². The first-order valence-electron chi connectivity index (χ1n) is 5.41. The Hall–Kier alpha value is -1.10. The van der Waals surface area contributed by atoms with E-state index in [0.29, 0.717) is 6.54 Å². The van der Waals surface area contributed by atoms with Gasteiger partial charge in [-0.3, -0.25) is 0 Å². The smallest absolute Gasteiger partial charge is 0.123 e. The zero-order valence-corrected chi connectivity index (χ0v) is 10.9. The molecule has 0 bridgehead atoms. The highest BCUT2D eigenvalue weighted by Crippen LogP contribution is 2.15. The molecule has 0 amide bonds. The highest BCUT2D eigenvalue weighted by molar-refractivity contribution is 9.10. The maximum absolute atomic E-state index is 9.29. The Morgan fingerprint density at radius 2 is 2.00 bits per heavy atom. The van der Waals surface area contributed by atoms with Gasteiger partial charge in [0.1, 0.15) is 5.76 Å². The molecule has 1 heterocycles. The van der Waals surface area contributed by atoms with Gasteiger partial charge < -0.3 is 14.8 Å². The molecule has 4 heteroatoms. The summed E-state index contributed by atoms with van der Waals surface area (Å²) in [6.07, 6.45) is 1.61. The molecular weight excluding hydrogens is 282 g/mol. The Kier molecular flexibility index (Phi) is 4.36. The number of hydrogen-bond acceptors (Lipinski definition) is 3. The molecule has 0 spiro atoms. The number of furan rings is 1. The molecule has 0 aliphatic rings. The van der Waals surface area contributed by atoms with Crippen molar-refractivity contribution in [2.75, 3.05) is 6.61 Å². The summed E-state index contributed by atoms with van der Waals surface area (Å²) in [5.41, 5.74) is 1.17. The largest absolute Gasteiger partial charge is 0.468 e. The first-order chi connectivity index (χ1) is 8.29. The van der Waals surface area contributed by atoms with Crippen LogP contribution in [0.15, 0.2) is 51.6 Å². The number of benzene rings is 1. The molecular formula is C13H14BrNO2. The SMILES string of the molecule is OCC(NCc1ccc(Br)cc1)c1ccco1. The van der Waals surface area contributed by atoms with Crippen molar-refractivity contribution in [3.05, 3.63) is 58.5 Å². The van der Waals surface area contributed by atoms with Gasteiger partial charge >= 0.3 is 0 Å². The van der Waals surface area contributed by atoms with E-state index >= 15 is 0 Å². The summed E-state index contributed by atoms with van der Waals surface area (Å²) in [4.78, 5) is 0. The van der Waals surface area contributed by atoms with Gasteiger partial charge in [0.05, 0.1) is 18.9 Å². The number of aliphatic hydroxyl groups excluding tert-OH is 1. The van der Waals surface area contributed by atoms with Gasteiger partial charge in [-0.25, -0.2) is 0 Å². The summed E-state index contributed by atoms with van der Waals surface area (Å²) < 4.78 is 6.33. The minimum atomic E-state index is -0.159. The minimum Gasteiger partial charge on any atom is -0.468 e. The number of halogens is 1. The van der Waals surface area contributed by atoms with E-state index in [1.54, 1.807) is 6.26 Å². The lowest BCUT2D eigenvalue weighted by molar-refractivity contribution is 0.225. The standard InChI is InChI=1S/C13H14BrNO2/c14-11-5-3-10(4-6-11)8-15-12(9-16)13-2-1-7-17-13/h1-7,12,15-16H,8-9H2. The van der Waals surface area contributed by atoms with Gasteiger partial charge in [-0.15, -0.1) is 0 Å². The van der Waals surface area contributed by atoms with Crippen LogP contribution in [-0.4, -0.2) is 11.7 Å². The van der Waals surface area contributed by atoms with E-state index in [1.165, 1.54) is 5.56 Å². The molecule has 3 nitrogen and oxygen atoms in total. The van der Waals surface area contributed by atoms with E-state index in [2.05, 4.69) is 21.2 Å². The summed E-state index contributed by atoms with van der Waals surface area (Å²) in [5.74, 6) is 0.754. The van der Waals surface area contributed by atoms with Crippen molar-refractivity contribution in [3.63, 3.8) is 0 Å². The summed E-state index contributed by atoms with van der Waals surface area (Å²) >= 11 is 3.40. The molecule has 0 saturated carbocycles. The molecule has 0 saturated heterocycles. The molecule has 90 valence electrons. The van der Waals surface area contributed by atoms with Gasteiger partial charge in [0, 0.05) is 11.0 Å². The number of aliphatic hydroxyl groups is 1. The first-order valence-corrected chi connectivity index (χ1v) is 6.21. The van der Waals surface area contributed by atoms with Gasteiger partial charge in [-0.1, -0.05) is 28.1 Å². The highest BCUT2D eigenvalue weighted by atomic mass is 79.9. The van der Waals surface area contributed by atoms with Gasteiger partial charge in [-0.2, -0.15) is 0 Å². The third-order valence-electron chi connectivity index (χ3n) is 2.54. The van der Waals surface area contributed by atoms with Gasteiger partial charge in [-0.05, 0) is 29.8 Å². The van der Waals surface area contributed by atoms with Crippen LogP contribution in [0, 0.1) is 0 Å². The average molecular weight is 296 g/mol. The van der Waals surface area contributed by atoms with E-state index in [-0.39, 0.29) is 12.6 Å². The molecule has 2 aromatic rings. The van der Waals surface area contributed by atoms with Gasteiger partial charge in [0.25, 0.3) is 0 Å². The Morgan fingerprint density at radius 1 is 1.24 bits per heavy atom. The van der Waals surface area contributed by atoms with Crippen molar-refractivity contribution in [2.45, 2.75) is 12.6 Å². The van der Waals surface area contributed by atoms with Crippen molar-refractivity contribution in [2.24, 2.45) is 0 Å². The fourth-order valence-electron chi connectivity index (χ4n) is 1.59. The lowest BCUT2D eigenvalue weighted by Crippen LogP contribution is -2.23. The van der Waals surface area contributed by atoms with Crippen LogP contribution in [-0.2, 0) is 6.54 Å². The molecule has 2 rings (SSSR count). The monoisotopic (exact) mass is 295 g/mol. The predicted octanol–water partition coefficient (Wildman–Crippen LogP) is 2.87. The number of hydrogen-bond donors (Lipinski definition) is 2. The average Bonchev–Trinajstić information content (AvgIpc) is 2.86. The maximum Gasteiger partial charge on any atom is 0.123 e. The second kappa shape index (κ2) is 6.00. The third-order valence-corrected chi connectivity index (χ3v) is 3.06. The Bertz CT molecular complexity index is 439. The summed E-state index contributed by atoms with van der Waals surface area (Å²) in [6.45, 7) is 0.712.